The number of hydrogen-bond acceptors (Lipinski definition) is 5. The fourth-order valence-electron chi connectivity index (χ4n) is 3.33. The minimum atomic E-state index is -0.412. The predicted molar refractivity (Wildman–Crippen MR) is 111 cm³/mol. The predicted octanol–water partition coefficient (Wildman–Crippen LogP) is 3.36. The van der Waals surface area contributed by atoms with Crippen molar-refractivity contribution in [2.45, 2.75) is 13.0 Å². The monoisotopic (exact) mass is 434 g/mol. The molecule has 1 amide bonds. The number of rotatable bonds is 6. The van der Waals surface area contributed by atoms with E-state index in [0.717, 1.165) is 37.4 Å². The SMILES string of the molecule is COCCN1CCc2[nH]c(-c3n[nH]cc3NC(=O)c3c(Cl)cccc3Cl)nc2C1. The van der Waals surface area contributed by atoms with Gasteiger partial charge in [-0.3, -0.25) is 14.8 Å². The fourth-order valence-corrected chi connectivity index (χ4v) is 3.90. The number of H-pyrrole nitrogens is 2. The van der Waals surface area contributed by atoms with Crippen LogP contribution < -0.4 is 5.32 Å². The molecule has 8 nitrogen and oxygen atoms in total. The van der Waals surface area contributed by atoms with Gasteiger partial charge in [-0.15, -0.1) is 0 Å². The number of fused-ring (bicyclic) bond motifs is 1. The quantitative estimate of drug-likeness (QED) is 0.552. The third-order valence-corrected chi connectivity index (χ3v) is 5.46. The molecule has 1 aliphatic rings. The van der Waals surface area contributed by atoms with Gasteiger partial charge in [-0.05, 0) is 12.1 Å². The summed E-state index contributed by atoms with van der Waals surface area (Å²) in [5.74, 6) is 0.190. The Balaban J connectivity index is 1.55. The third kappa shape index (κ3) is 4.16. The van der Waals surface area contributed by atoms with E-state index in [1.54, 1.807) is 31.5 Å². The second-order valence-corrected chi connectivity index (χ2v) is 7.54. The van der Waals surface area contributed by atoms with Gasteiger partial charge in [-0.25, -0.2) is 4.98 Å². The topological polar surface area (TPSA) is 98.9 Å². The number of carbonyl (C=O) groups excluding carboxylic acids is 1. The number of anilines is 1. The van der Waals surface area contributed by atoms with Crippen LogP contribution in [0.2, 0.25) is 10.0 Å². The zero-order valence-corrected chi connectivity index (χ0v) is 17.3. The van der Waals surface area contributed by atoms with Crippen LogP contribution in [0.1, 0.15) is 21.7 Å². The van der Waals surface area contributed by atoms with Crippen LogP contribution in [0.15, 0.2) is 24.4 Å². The summed E-state index contributed by atoms with van der Waals surface area (Å²) in [6.07, 6.45) is 2.47. The summed E-state index contributed by atoms with van der Waals surface area (Å²) in [5.41, 5.74) is 3.31. The first-order valence-corrected chi connectivity index (χ1v) is 9.91. The van der Waals surface area contributed by atoms with E-state index in [1.165, 1.54) is 0 Å². The minimum Gasteiger partial charge on any atom is -0.383 e. The lowest BCUT2D eigenvalue weighted by Crippen LogP contribution is -2.33. The van der Waals surface area contributed by atoms with Gasteiger partial charge in [-0.1, -0.05) is 29.3 Å². The Bertz CT molecular complexity index is 1010. The Hall–Kier alpha value is -2.39. The van der Waals surface area contributed by atoms with E-state index in [1.807, 2.05) is 0 Å². The zero-order valence-electron chi connectivity index (χ0n) is 15.8. The normalized spacial score (nSPS) is 14.0. The number of aromatic nitrogens is 4. The van der Waals surface area contributed by atoms with Gasteiger partial charge in [0.2, 0.25) is 0 Å². The highest BCUT2D eigenvalue weighted by molar-refractivity contribution is 6.40. The average molecular weight is 435 g/mol. The van der Waals surface area contributed by atoms with E-state index in [0.29, 0.717) is 23.8 Å². The molecule has 0 saturated carbocycles. The number of ether oxygens (including phenoxy) is 1. The van der Waals surface area contributed by atoms with Crippen molar-refractivity contribution in [3.63, 3.8) is 0 Å². The first-order chi connectivity index (χ1) is 14.1. The molecule has 29 heavy (non-hydrogen) atoms. The molecule has 0 unspecified atom stereocenters. The average Bonchev–Trinajstić information content (AvgIpc) is 3.32. The number of imidazole rings is 1. The van der Waals surface area contributed by atoms with Crippen molar-refractivity contribution in [1.82, 2.24) is 25.1 Å². The lowest BCUT2D eigenvalue weighted by Gasteiger charge is -2.25. The smallest absolute Gasteiger partial charge is 0.258 e. The number of aromatic amines is 2. The number of methoxy groups -OCH3 is 1. The molecule has 0 atom stereocenters. The van der Waals surface area contributed by atoms with Crippen LogP contribution in [0.4, 0.5) is 5.69 Å². The van der Waals surface area contributed by atoms with Crippen LogP contribution in [0.3, 0.4) is 0 Å². The maximum Gasteiger partial charge on any atom is 0.258 e. The molecule has 0 aliphatic carbocycles. The summed E-state index contributed by atoms with van der Waals surface area (Å²) >= 11 is 12.3. The van der Waals surface area contributed by atoms with Crippen molar-refractivity contribution in [3.8, 4) is 11.5 Å². The number of hydrogen-bond donors (Lipinski definition) is 3. The number of benzene rings is 1. The summed E-state index contributed by atoms with van der Waals surface area (Å²) in [4.78, 5) is 23.0. The molecule has 3 heterocycles. The van der Waals surface area contributed by atoms with Crippen molar-refractivity contribution in [1.29, 1.82) is 0 Å². The van der Waals surface area contributed by atoms with Gasteiger partial charge in [-0.2, -0.15) is 5.10 Å². The first-order valence-electron chi connectivity index (χ1n) is 9.15. The van der Waals surface area contributed by atoms with Gasteiger partial charge in [0.15, 0.2) is 11.5 Å². The van der Waals surface area contributed by atoms with E-state index in [4.69, 9.17) is 32.9 Å². The van der Waals surface area contributed by atoms with Crippen LogP contribution in [0.5, 0.6) is 0 Å². The van der Waals surface area contributed by atoms with E-state index >= 15 is 0 Å². The lowest BCUT2D eigenvalue weighted by molar-refractivity contribution is 0.102. The van der Waals surface area contributed by atoms with Crippen LogP contribution in [0, 0.1) is 0 Å². The van der Waals surface area contributed by atoms with Gasteiger partial charge < -0.3 is 15.0 Å². The highest BCUT2D eigenvalue weighted by Crippen LogP contribution is 2.29. The molecule has 10 heteroatoms. The molecule has 0 fully saturated rings. The molecule has 1 aliphatic heterocycles. The molecule has 152 valence electrons. The molecule has 0 spiro atoms. The van der Waals surface area contributed by atoms with Crippen molar-refractivity contribution >= 4 is 34.8 Å². The third-order valence-electron chi connectivity index (χ3n) is 4.83. The Morgan fingerprint density at radius 2 is 2.14 bits per heavy atom. The van der Waals surface area contributed by atoms with Gasteiger partial charge in [0.05, 0.1) is 33.6 Å². The van der Waals surface area contributed by atoms with E-state index in [2.05, 4.69) is 25.4 Å². The van der Waals surface area contributed by atoms with Gasteiger partial charge in [0.25, 0.3) is 5.91 Å². The van der Waals surface area contributed by atoms with Crippen molar-refractivity contribution in [2.24, 2.45) is 0 Å². The van der Waals surface area contributed by atoms with Gasteiger partial charge >= 0.3 is 0 Å². The molecule has 0 radical (unpaired) electrons. The number of amides is 1. The zero-order chi connectivity index (χ0) is 20.4. The minimum absolute atomic E-state index is 0.218. The van der Waals surface area contributed by atoms with Gasteiger partial charge in [0.1, 0.15) is 0 Å². The number of halogens is 2. The maximum absolute atomic E-state index is 12.7. The number of nitrogens with one attached hydrogen (secondary N) is 3. The summed E-state index contributed by atoms with van der Waals surface area (Å²) in [5, 5.41) is 10.4. The van der Waals surface area contributed by atoms with E-state index < -0.39 is 5.91 Å². The van der Waals surface area contributed by atoms with Gasteiger partial charge in [0, 0.05) is 45.1 Å². The standard InChI is InChI=1S/C19H20Cl2N6O2/c1-29-8-7-27-6-5-13-15(10-27)24-18(23-13)17-14(9-22-26-17)25-19(28)16-11(20)3-2-4-12(16)21/h2-4,9H,5-8,10H2,1H3,(H,22,26)(H,23,24)(H,25,28). The van der Waals surface area contributed by atoms with Crippen molar-refractivity contribution < 1.29 is 9.53 Å². The fraction of sp³-hybridized carbons (Fsp3) is 0.316. The summed E-state index contributed by atoms with van der Waals surface area (Å²) in [6.45, 7) is 3.23. The Morgan fingerprint density at radius 1 is 1.34 bits per heavy atom. The van der Waals surface area contributed by atoms with Crippen LogP contribution in [-0.4, -0.2) is 57.8 Å². The highest BCUT2D eigenvalue weighted by atomic mass is 35.5. The largest absolute Gasteiger partial charge is 0.383 e. The second-order valence-electron chi connectivity index (χ2n) is 6.73. The van der Waals surface area contributed by atoms with Crippen molar-refractivity contribution in [2.75, 3.05) is 32.1 Å². The van der Waals surface area contributed by atoms with Crippen LogP contribution in [0.25, 0.3) is 11.5 Å². The lowest BCUT2D eigenvalue weighted by atomic mass is 10.1. The van der Waals surface area contributed by atoms with E-state index in [9.17, 15) is 4.79 Å². The Labute approximate surface area is 177 Å². The molecule has 3 aromatic rings. The molecular formula is C19H20Cl2N6O2. The molecule has 2 aromatic heterocycles. The summed E-state index contributed by atoms with van der Waals surface area (Å²) in [6, 6.07) is 4.93. The second kappa shape index (κ2) is 8.54. The molecule has 0 bridgehead atoms. The van der Waals surface area contributed by atoms with Crippen molar-refractivity contribution in [3.05, 3.63) is 51.4 Å². The highest BCUT2D eigenvalue weighted by Gasteiger charge is 2.23. The number of carbonyl (C=O) groups is 1. The Kier molecular flexibility index (Phi) is 5.86. The maximum atomic E-state index is 12.7. The molecular weight excluding hydrogens is 415 g/mol. The summed E-state index contributed by atoms with van der Waals surface area (Å²) < 4.78 is 5.16. The first kappa shape index (κ1) is 19.9. The Morgan fingerprint density at radius 3 is 2.90 bits per heavy atom. The summed E-state index contributed by atoms with van der Waals surface area (Å²) in [7, 11) is 1.70. The molecule has 0 saturated heterocycles. The van der Waals surface area contributed by atoms with Crippen LogP contribution in [-0.2, 0) is 17.7 Å². The molecule has 4 rings (SSSR count). The van der Waals surface area contributed by atoms with E-state index in [-0.39, 0.29) is 15.6 Å². The number of nitrogens with zero attached hydrogens (tertiary/aromatic N) is 3. The molecule has 1 aromatic carbocycles. The molecule has 3 N–H and O–H groups in total. The van der Waals surface area contributed by atoms with Crippen LogP contribution >= 0.6 is 23.2 Å².